The van der Waals surface area contributed by atoms with E-state index in [4.69, 9.17) is 0 Å². The maximum atomic E-state index is 12.0. The minimum atomic E-state index is -0.846. The van der Waals surface area contributed by atoms with Crippen molar-refractivity contribution in [3.63, 3.8) is 0 Å². The lowest BCUT2D eigenvalue weighted by Gasteiger charge is -2.16. The van der Waals surface area contributed by atoms with Gasteiger partial charge in [-0.05, 0) is 36.8 Å². The summed E-state index contributed by atoms with van der Waals surface area (Å²) in [5, 5.41) is 9.86. The van der Waals surface area contributed by atoms with Gasteiger partial charge in [0.05, 0.1) is 5.69 Å². The van der Waals surface area contributed by atoms with Gasteiger partial charge in [-0.1, -0.05) is 13.0 Å². The number of rotatable bonds is 7. The number of hydrogen-bond donors (Lipinski definition) is 1. The van der Waals surface area contributed by atoms with E-state index in [1.165, 1.54) is 0 Å². The van der Waals surface area contributed by atoms with Crippen molar-refractivity contribution in [2.45, 2.75) is 25.2 Å². The Morgan fingerprint density at radius 2 is 2.29 bits per heavy atom. The van der Waals surface area contributed by atoms with Gasteiger partial charge in [0.1, 0.15) is 17.6 Å². The maximum absolute atomic E-state index is 12.0. The molecule has 6 nitrogen and oxygen atoms in total. The molecule has 2 aromatic rings. The number of nitrogens with zero attached hydrogens (tertiary/aromatic N) is 4. The first kappa shape index (κ1) is 18.1. The van der Waals surface area contributed by atoms with Crippen molar-refractivity contribution in [1.82, 2.24) is 15.9 Å². The molecule has 1 saturated carbocycles. The van der Waals surface area contributed by atoms with E-state index in [2.05, 4.69) is 63.9 Å². The van der Waals surface area contributed by atoms with Crippen LogP contribution in [0.5, 0.6) is 0 Å². The largest absolute Gasteiger partial charge is 0.481 e. The number of aromatic nitrogens is 3. The summed E-state index contributed by atoms with van der Waals surface area (Å²) in [5.74, 6) is 0.446. The monoisotopic (exact) mass is 552 g/mol. The van der Waals surface area contributed by atoms with Crippen LogP contribution >= 0.6 is 45.7 Å². The highest BCUT2D eigenvalue weighted by atomic mass is 127. The van der Waals surface area contributed by atoms with E-state index in [-0.39, 0.29) is 5.92 Å². The number of carbonyl (C=O) groups is 1. The summed E-state index contributed by atoms with van der Waals surface area (Å²) >= 11 is 4.49. The Balaban J connectivity index is 1.81. The molecule has 0 spiro atoms. The lowest BCUT2D eigenvalue weighted by Crippen LogP contribution is -2.25. The van der Waals surface area contributed by atoms with Crippen LogP contribution in [0.15, 0.2) is 36.9 Å². The zero-order valence-corrected chi connectivity index (χ0v) is 17.5. The summed E-state index contributed by atoms with van der Waals surface area (Å²) in [6, 6.07) is 5.63. The fourth-order valence-electron chi connectivity index (χ4n) is 3.31. The Hall–Kier alpha value is -0.750. The van der Waals surface area contributed by atoms with Crippen LogP contribution in [0.25, 0.3) is 5.82 Å². The number of halogens is 2. The lowest BCUT2D eigenvalue weighted by molar-refractivity contribution is -0.140. The molecule has 128 valence electrons. The van der Waals surface area contributed by atoms with Gasteiger partial charge < -0.3 is 5.11 Å². The zero-order chi connectivity index (χ0) is 17.3. The van der Waals surface area contributed by atoms with Crippen LogP contribution in [0.1, 0.15) is 25.5 Å². The predicted molar refractivity (Wildman–Crippen MR) is 107 cm³/mol. The third-order valence-electron chi connectivity index (χ3n) is 4.79. The van der Waals surface area contributed by atoms with Crippen LogP contribution in [0, 0.1) is 11.8 Å². The third-order valence-corrected chi connectivity index (χ3v) is 5.76. The molecule has 1 N–H and O–H groups in total. The van der Waals surface area contributed by atoms with E-state index in [1.807, 2.05) is 24.4 Å². The Morgan fingerprint density at radius 3 is 2.92 bits per heavy atom. The number of imidazole rings is 1. The number of carboxylic acid groups (broad SMARTS) is 1. The summed E-state index contributed by atoms with van der Waals surface area (Å²) in [6.45, 7) is 3.08. The van der Waals surface area contributed by atoms with Gasteiger partial charge in [-0.25, -0.2) is 9.97 Å². The fraction of sp³-hybridized carbons (Fsp3) is 0.438. The average molecular weight is 552 g/mol. The highest BCUT2D eigenvalue weighted by Crippen LogP contribution is 2.58. The van der Waals surface area contributed by atoms with E-state index in [0.29, 0.717) is 18.0 Å². The van der Waals surface area contributed by atoms with Crippen molar-refractivity contribution in [2.75, 3.05) is 6.54 Å². The second-order valence-electron chi connectivity index (χ2n) is 6.23. The first-order valence-electron chi connectivity index (χ1n) is 7.73. The summed E-state index contributed by atoms with van der Waals surface area (Å²) < 4.78 is 3.87. The van der Waals surface area contributed by atoms with Gasteiger partial charge in [-0.2, -0.15) is 1.33 Å². The standard InChI is InChI=1S/C16H18I2N4O2/c1-11(5-7-22(17)18)12-8-16(12,15(23)24)13-9-21(10-20-13)14-4-2-3-6-19-14/h2-4,6,9-12H,5,7-8H2,1H3,(H,23,24)/t11-,12?,16?/m1/s1. The van der Waals surface area contributed by atoms with Crippen molar-refractivity contribution in [3.05, 3.63) is 42.6 Å². The molecule has 0 saturated heterocycles. The first-order chi connectivity index (χ1) is 11.4. The molecule has 2 heterocycles. The zero-order valence-electron chi connectivity index (χ0n) is 13.1. The Labute approximate surface area is 168 Å². The molecule has 2 aromatic heterocycles. The highest BCUT2D eigenvalue weighted by molar-refractivity contribution is 14.2. The number of hydrogen-bond acceptors (Lipinski definition) is 4. The molecule has 0 radical (unpaired) electrons. The quantitative estimate of drug-likeness (QED) is 0.420. The average Bonchev–Trinajstić information content (AvgIpc) is 3.15. The van der Waals surface area contributed by atoms with Crippen molar-refractivity contribution in [3.8, 4) is 5.82 Å². The van der Waals surface area contributed by atoms with Crippen LogP contribution in [0.4, 0.5) is 0 Å². The number of carboxylic acids is 1. The third kappa shape index (κ3) is 3.45. The van der Waals surface area contributed by atoms with E-state index in [1.54, 1.807) is 17.1 Å². The fourth-order valence-corrected chi connectivity index (χ4v) is 3.87. The molecule has 1 aliphatic carbocycles. The van der Waals surface area contributed by atoms with Crippen molar-refractivity contribution < 1.29 is 9.90 Å². The lowest BCUT2D eigenvalue weighted by atomic mass is 9.91. The van der Waals surface area contributed by atoms with Gasteiger partial charge in [-0.15, -0.1) is 0 Å². The summed E-state index contributed by atoms with van der Waals surface area (Å²) in [7, 11) is 0. The van der Waals surface area contributed by atoms with Gasteiger partial charge >= 0.3 is 5.97 Å². The molecule has 3 atom stereocenters. The van der Waals surface area contributed by atoms with Crippen LogP contribution < -0.4 is 0 Å². The maximum Gasteiger partial charge on any atom is 0.316 e. The smallest absolute Gasteiger partial charge is 0.316 e. The Kier molecular flexibility index (Phi) is 5.45. The molecule has 2 unspecified atom stereocenters. The van der Waals surface area contributed by atoms with Crippen molar-refractivity contribution >= 4 is 51.7 Å². The molecule has 0 aliphatic heterocycles. The minimum absolute atomic E-state index is 0.134. The first-order valence-corrected chi connectivity index (χ1v) is 9.66. The molecule has 1 fully saturated rings. The van der Waals surface area contributed by atoms with E-state index >= 15 is 0 Å². The highest BCUT2D eigenvalue weighted by Gasteiger charge is 2.64. The van der Waals surface area contributed by atoms with Gasteiger partial charge in [0.25, 0.3) is 0 Å². The molecular weight excluding hydrogens is 534 g/mol. The predicted octanol–water partition coefficient (Wildman–Crippen LogP) is 3.64. The van der Waals surface area contributed by atoms with E-state index in [9.17, 15) is 9.90 Å². The van der Waals surface area contributed by atoms with Gasteiger partial charge in [-0.3, -0.25) is 9.36 Å². The number of aliphatic carboxylic acids is 1. The van der Waals surface area contributed by atoms with Gasteiger partial charge in [0.15, 0.2) is 0 Å². The molecule has 0 aromatic carbocycles. The second kappa shape index (κ2) is 7.24. The van der Waals surface area contributed by atoms with Crippen LogP contribution in [0.3, 0.4) is 0 Å². The normalized spacial score (nSPS) is 24.1. The van der Waals surface area contributed by atoms with Crippen LogP contribution in [0.2, 0.25) is 0 Å². The SMILES string of the molecule is C[C@H](CCN(I)I)C1CC1(C(=O)O)c1cn(-c2ccccn2)cn1. The van der Waals surface area contributed by atoms with Crippen molar-refractivity contribution in [1.29, 1.82) is 0 Å². The molecule has 0 amide bonds. The van der Waals surface area contributed by atoms with Gasteiger partial charge in [0, 0.05) is 64.7 Å². The molecular formula is C16H18I2N4O2. The molecule has 8 heteroatoms. The topological polar surface area (TPSA) is 71.2 Å². The van der Waals surface area contributed by atoms with E-state index in [0.717, 1.165) is 18.8 Å². The Morgan fingerprint density at radius 1 is 1.50 bits per heavy atom. The van der Waals surface area contributed by atoms with E-state index < -0.39 is 11.4 Å². The molecule has 24 heavy (non-hydrogen) atoms. The van der Waals surface area contributed by atoms with Crippen molar-refractivity contribution in [2.24, 2.45) is 11.8 Å². The molecule has 0 bridgehead atoms. The second-order valence-corrected chi connectivity index (χ2v) is 10.4. The summed E-state index contributed by atoms with van der Waals surface area (Å²) in [4.78, 5) is 20.7. The van der Waals surface area contributed by atoms with Gasteiger partial charge in [0.2, 0.25) is 0 Å². The molecule has 1 aliphatic rings. The molecule has 3 rings (SSSR count). The minimum Gasteiger partial charge on any atom is -0.481 e. The van der Waals surface area contributed by atoms with Crippen LogP contribution in [-0.2, 0) is 10.2 Å². The Bertz CT molecular complexity index is 722. The summed E-state index contributed by atoms with van der Waals surface area (Å²) in [6.07, 6.45) is 6.81. The van der Waals surface area contributed by atoms with Crippen LogP contribution in [-0.4, -0.2) is 33.5 Å². The number of pyridine rings is 1. The summed E-state index contributed by atoms with van der Waals surface area (Å²) in [5.41, 5.74) is -0.209.